The van der Waals surface area contributed by atoms with Crippen molar-refractivity contribution in [3.8, 4) is 11.3 Å². The molecule has 2 amide bonds. The van der Waals surface area contributed by atoms with Gasteiger partial charge in [-0.1, -0.05) is 25.1 Å². The molecule has 1 N–H and O–H groups in total. The van der Waals surface area contributed by atoms with Crippen LogP contribution < -0.4 is 5.32 Å². The summed E-state index contributed by atoms with van der Waals surface area (Å²) in [5.74, 6) is 0.0944. The van der Waals surface area contributed by atoms with Gasteiger partial charge in [-0.2, -0.15) is 5.10 Å². The zero-order valence-corrected chi connectivity index (χ0v) is 21.1. The Labute approximate surface area is 212 Å². The largest absolute Gasteiger partial charge is 0.444 e. The average molecular weight is 514 g/mol. The van der Waals surface area contributed by atoms with Crippen LogP contribution in [0.1, 0.15) is 51.8 Å². The molecule has 0 radical (unpaired) electrons. The molecule has 3 atom stereocenters. The lowest BCUT2D eigenvalue weighted by Crippen LogP contribution is -2.45. The van der Waals surface area contributed by atoms with Crippen molar-refractivity contribution in [3.63, 3.8) is 0 Å². The number of nitrogens with zero attached hydrogens (tertiary/aromatic N) is 4. The predicted octanol–water partition coefficient (Wildman–Crippen LogP) is 5.78. The second-order valence-electron chi connectivity index (χ2n) is 10.5. The van der Waals surface area contributed by atoms with Gasteiger partial charge in [0, 0.05) is 30.2 Å². The Morgan fingerprint density at radius 3 is 2.70 bits per heavy atom. The van der Waals surface area contributed by atoms with E-state index in [0.29, 0.717) is 30.8 Å². The molecule has 1 aromatic carbocycles. The van der Waals surface area contributed by atoms with Gasteiger partial charge in [-0.05, 0) is 45.2 Å². The summed E-state index contributed by atoms with van der Waals surface area (Å²) in [4.78, 5) is 30.3. The van der Waals surface area contributed by atoms with Gasteiger partial charge in [0.15, 0.2) is 6.10 Å². The van der Waals surface area contributed by atoms with Gasteiger partial charge < -0.3 is 14.4 Å². The van der Waals surface area contributed by atoms with Crippen LogP contribution in [0.25, 0.3) is 22.2 Å². The van der Waals surface area contributed by atoms with E-state index in [0.717, 1.165) is 10.9 Å². The first-order chi connectivity index (χ1) is 17.5. The normalized spacial score (nSPS) is 22.0. The van der Waals surface area contributed by atoms with Crippen LogP contribution in [-0.4, -0.2) is 57.0 Å². The molecule has 2 aliphatic heterocycles. The van der Waals surface area contributed by atoms with Crippen LogP contribution in [0.4, 0.5) is 24.2 Å². The number of halogens is 2. The SMILES string of the molecule is C[C@@H]1CN(C(=O)OC(C)(C)C)CC[C@@H]1n1nc(-c2ccnc3c2[C@H](C(F)F)OC(=O)N3)c2ccccc21. The number of aromatic nitrogens is 3. The molecule has 4 heterocycles. The number of hydrogen-bond acceptors (Lipinski definition) is 6. The Morgan fingerprint density at radius 2 is 2.00 bits per heavy atom. The van der Waals surface area contributed by atoms with Gasteiger partial charge in [-0.15, -0.1) is 0 Å². The van der Waals surface area contributed by atoms with Crippen LogP contribution in [0.3, 0.4) is 0 Å². The van der Waals surface area contributed by atoms with Gasteiger partial charge in [-0.3, -0.25) is 10.00 Å². The molecule has 0 aliphatic carbocycles. The first kappa shape index (κ1) is 24.9. The van der Waals surface area contributed by atoms with Gasteiger partial charge >= 0.3 is 12.2 Å². The lowest BCUT2D eigenvalue weighted by Gasteiger charge is -2.37. The number of piperidine rings is 1. The Balaban J connectivity index is 1.53. The summed E-state index contributed by atoms with van der Waals surface area (Å²) >= 11 is 0. The molecule has 3 aromatic rings. The highest BCUT2D eigenvalue weighted by Gasteiger charge is 2.38. The number of benzene rings is 1. The first-order valence-electron chi connectivity index (χ1n) is 12.2. The number of amides is 2. The maximum atomic E-state index is 13.9. The minimum absolute atomic E-state index is 0.0307. The number of para-hydroxylation sites is 1. The fourth-order valence-electron chi connectivity index (χ4n) is 5.07. The molecule has 0 bridgehead atoms. The van der Waals surface area contributed by atoms with Crippen molar-refractivity contribution < 1.29 is 27.8 Å². The summed E-state index contributed by atoms with van der Waals surface area (Å²) in [6, 6.07) is 9.18. The topological polar surface area (TPSA) is 98.6 Å². The fraction of sp³-hybridized carbons (Fsp3) is 0.462. The van der Waals surface area contributed by atoms with E-state index in [-0.39, 0.29) is 29.4 Å². The molecule has 0 unspecified atom stereocenters. The monoisotopic (exact) mass is 513 g/mol. The first-order valence-corrected chi connectivity index (χ1v) is 12.2. The zero-order chi connectivity index (χ0) is 26.5. The lowest BCUT2D eigenvalue weighted by atomic mass is 9.94. The summed E-state index contributed by atoms with van der Waals surface area (Å²) in [5, 5.41) is 8.13. The molecule has 1 fully saturated rings. The van der Waals surface area contributed by atoms with E-state index in [9.17, 15) is 18.4 Å². The number of nitrogens with one attached hydrogen (secondary N) is 1. The predicted molar refractivity (Wildman–Crippen MR) is 132 cm³/mol. The highest BCUT2D eigenvalue weighted by Crippen LogP contribution is 2.43. The van der Waals surface area contributed by atoms with Gasteiger partial charge in [0.05, 0.1) is 17.1 Å². The minimum atomic E-state index is -2.93. The molecule has 0 saturated carbocycles. The molecule has 37 heavy (non-hydrogen) atoms. The summed E-state index contributed by atoms with van der Waals surface area (Å²) in [6.45, 7) is 8.58. The van der Waals surface area contributed by atoms with Crippen molar-refractivity contribution in [2.24, 2.45) is 5.92 Å². The standard InChI is InChI=1S/C26H29F2N5O4/c1-14-13-32(25(35)37-26(2,3)4)12-10-17(14)33-18-8-6-5-7-15(18)20(31-33)16-9-11-29-23-19(16)21(22(27)28)36-24(34)30-23/h5-9,11,14,17,21-22H,10,12-13H2,1-4H3,(H,29,30,34)/t14-,17+,21-/m1/s1. The summed E-state index contributed by atoms with van der Waals surface area (Å²) in [7, 11) is 0. The number of carbonyl (C=O) groups excluding carboxylic acids is 2. The van der Waals surface area contributed by atoms with Gasteiger partial charge in [-0.25, -0.2) is 23.4 Å². The molecular formula is C26H29F2N5O4. The number of likely N-dealkylation sites (tertiary alicyclic amines) is 1. The van der Waals surface area contributed by atoms with Crippen LogP contribution in [0.2, 0.25) is 0 Å². The highest BCUT2D eigenvalue weighted by atomic mass is 19.3. The van der Waals surface area contributed by atoms with Gasteiger partial charge in [0.2, 0.25) is 0 Å². The average Bonchev–Trinajstić information content (AvgIpc) is 3.21. The van der Waals surface area contributed by atoms with E-state index in [1.807, 2.05) is 49.7 Å². The highest BCUT2D eigenvalue weighted by molar-refractivity contribution is 5.97. The molecule has 2 aromatic heterocycles. The van der Waals surface area contributed by atoms with E-state index < -0.39 is 24.2 Å². The number of hydrogen-bond donors (Lipinski definition) is 1. The number of cyclic esters (lactones) is 1. The van der Waals surface area contributed by atoms with Crippen molar-refractivity contribution in [3.05, 3.63) is 42.1 Å². The quantitative estimate of drug-likeness (QED) is 0.476. The number of carbonyl (C=O) groups is 2. The van der Waals surface area contributed by atoms with Crippen molar-refractivity contribution in [1.82, 2.24) is 19.7 Å². The third-order valence-corrected chi connectivity index (χ3v) is 6.65. The van der Waals surface area contributed by atoms with E-state index in [1.54, 1.807) is 11.0 Å². The second kappa shape index (κ2) is 9.28. The van der Waals surface area contributed by atoms with Crippen LogP contribution >= 0.6 is 0 Å². The van der Waals surface area contributed by atoms with Gasteiger partial charge in [0.25, 0.3) is 6.43 Å². The summed E-state index contributed by atoms with van der Waals surface area (Å²) < 4.78 is 40.3. The van der Waals surface area contributed by atoms with Crippen LogP contribution in [0, 0.1) is 5.92 Å². The van der Waals surface area contributed by atoms with E-state index in [1.165, 1.54) is 6.20 Å². The number of rotatable bonds is 3. The Morgan fingerprint density at radius 1 is 1.24 bits per heavy atom. The molecular weight excluding hydrogens is 484 g/mol. The molecule has 9 nitrogen and oxygen atoms in total. The molecule has 2 aliphatic rings. The number of anilines is 1. The zero-order valence-electron chi connectivity index (χ0n) is 21.1. The van der Waals surface area contributed by atoms with Crippen molar-refractivity contribution in [2.75, 3.05) is 18.4 Å². The van der Waals surface area contributed by atoms with Crippen molar-refractivity contribution in [1.29, 1.82) is 0 Å². The van der Waals surface area contributed by atoms with Crippen LogP contribution in [-0.2, 0) is 9.47 Å². The van der Waals surface area contributed by atoms with E-state index in [2.05, 4.69) is 17.2 Å². The van der Waals surface area contributed by atoms with Crippen LogP contribution in [0.15, 0.2) is 36.5 Å². The Hall–Kier alpha value is -3.76. The van der Waals surface area contributed by atoms with Gasteiger partial charge in [0.1, 0.15) is 17.1 Å². The number of fused-ring (bicyclic) bond motifs is 2. The Kier molecular flexibility index (Phi) is 6.25. The second-order valence-corrected chi connectivity index (χ2v) is 10.5. The lowest BCUT2D eigenvalue weighted by molar-refractivity contribution is -0.0168. The van der Waals surface area contributed by atoms with Crippen LogP contribution in [0.5, 0.6) is 0 Å². The van der Waals surface area contributed by atoms with Crippen molar-refractivity contribution in [2.45, 2.75) is 58.3 Å². The molecule has 5 rings (SSSR count). The summed E-state index contributed by atoms with van der Waals surface area (Å²) in [5.41, 5.74) is 1.29. The smallest absolute Gasteiger partial charge is 0.413 e. The number of ether oxygens (including phenoxy) is 2. The fourth-order valence-corrected chi connectivity index (χ4v) is 5.07. The molecule has 0 spiro atoms. The third-order valence-electron chi connectivity index (χ3n) is 6.65. The number of pyridine rings is 1. The maximum Gasteiger partial charge on any atom is 0.413 e. The third kappa shape index (κ3) is 4.70. The van der Waals surface area contributed by atoms with Crippen molar-refractivity contribution >= 4 is 28.9 Å². The molecule has 196 valence electrons. The van der Waals surface area contributed by atoms with E-state index >= 15 is 0 Å². The number of alkyl halides is 2. The summed E-state index contributed by atoms with van der Waals surface area (Å²) in [6.07, 6.45) is -3.89. The minimum Gasteiger partial charge on any atom is -0.444 e. The molecule has 11 heteroatoms. The Bertz CT molecular complexity index is 1350. The maximum absolute atomic E-state index is 13.9. The van der Waals surface area contributed by atoms with E-state index in [4.69, 9.17) is 14.6 Å². The molecule has 1 saturated heterocycles.